The first-order valence-electron chi connectivity index (χ1n) is 23.5. The van der Waals surface area contributed by atoms with Gasteiger partial charge in [0.2, 0.25) is 0 Å². The molecule has 7 heterocycles. The van der Waals surface area contributed by atoms with Crippen molar-refractivity contribution in [1.29, 1.82) is 0 Å². The summed E-state index contributed by atoms with van der Waals surface area (Å²) in [4.78, 5) is 48.4. The number of carbonyl (C=O) groups excluding carboxylic acids is 1. The lowest BCUT2D eigenvalue weighted by Gasteiger charge is -2.55. The number of ether oxygens (including phenoxy) is 1. The highest BCUT2D eigenvalue weighted by Gasteiger charge is 2.60. The normalized spacial score (nSPS) is 22.8. The fourth-order valence-corrected chi connectivity index (χ4v) is 12.2. The Morgan fingerprint density at radius 1 is 0.926 bits per heavy atom. The Labute approximate surface area is 388 Å². The van der Waals surface area contributed by atoms with E-state index in [1.165, 1.54) is 27.1 Å². The lowest BCUT2D eigenvalue weighted by Crippen LogP contribution is -2.61. The minimum Gasteiger partial charge on any atom is -0.376 e. The maximum absolute atomic E-state index is 16.3. The molecule has 4 aliphatic rings. The SMILES string of the molecule is Cc1cc(-n2nc3c(c2-n2ccn(-c4ccc5c(cnn5C)c4F)c2=O)[C@H](C)N(C(=O)c2cc4cc([C@H]5CCOC(C)(C)C5)ccc4n2[C@@]2(c4noc(=O)[nH]4)C[C@@H]2C)C2(CCC2)C3)cc(C)c1F. The maximum Gasteiger partial charge on any atom is 0.438 e. The molecule has 1 N–H and O–H groups in total. The van der Waals surface area contributed by atoms with Crippen LogP contribution in [0, 0.1) is 31.4 Å². The lowest BCUT2D eigenvalue weighted by molar-refractivity contribution is -0.0592. The van der Waals surface area contributed by atoms with Gasteiger partial charge in [0.1, 0.15) is 22.9 Å². The van der Waals surface area contributed by atoms with Crippen LogP contribution in [0.1, 0.15) is 122 Å². The van der Waals surface area contributed by atoms with E-state index in [0.29, 0.717) is 64.7 Å². The van der Waals surface area contributed by atoms with Crippen molar-refractivity contribution in [2.45, 2.75) is 115 Å². The van der Waals surface area contributed by atoms with Crippen LogP contribution in [-0.4, -0.2) is 72.0 Å². The topological polar surface area (TPSA) is 156 Å². The van der Waals surface area contributed by atoms with Crippen LogP contribution in [0.25, 0.3) is 39.0 Å². The van der Waals surface area contributed by atoms with E-state index < -0.39 is 34.4 Å². The molecule has 0 bridgehead atoms. The summed E-state index contributed by atoms with van der Waals surface area (Å²) >= 11 is 0. The van der Waals surface area contributed by atoms with Crippen molar-refractivity contribution in [3.8, 4) is 17.2 Å². The number of nitrogens with zero attached hydrogens (tertiary/aromatic N) is 9. The van der Waals surface area contributed by atoms with Crippen molar-refractivity contribution in [2.75, 3.05) is 6.61 Å². The summed E-state index contributed by atoms with van der Waals surface area (Å²) in [5, 5.41) is 14.9. The summed E-state index contributed by atoms with van der Waals surface area (Å²) < 4.78 is 50.8. The van der Waals surface area contributed by atoms with Crippen molar-refractivity contribution < 1.29 is 22.8 Å². The largest absolute Gasteiger partial charge is 0.438 e. The molecule has 2 saturated carbocycles. The minimum atomic E-state index is -0.864. The molecule has 1 amide bonds. The van der Waals surface area contributed by atoms with Crippen LogP contribution in [0.4, 0.5) is 8.78 Å². The van der Waals surface area contributed by atoms with E-state index in [-0.39, 0.29) is 40.2 Å². The molecule has 17 heteroatoms. The molecule has 3 aromatic carbocycles. The van der Waals surface area contributed by atoms with Crippen LogP contribution in [0.3, 0.4) is 0 Å². The molecule has 1 saturated heterocycles. The van der Waals surface area contributed by atoms with Crippen molar-refractivity contribution in [2.24, 2.45) is 13.0 Å². The quantitative estimate of drug-likeness (QED) is 0.167. The van der Waals surface area contributed by atoms with E-state index in [0.717, 1.165) is 48.7 Å². The third kappa shape index (κ3) is 6.02. The second kappa shape index (κ2) is 14.6. The minimum absolute atomic E-state index is 0.00325. The Hall–Kier alpha value is -6.88. The fourth-order valence-electron chi connectivity index (χ4n) is 12.2. The van der Waals surface area contributed by atoms with Crippen molar-refractivity contribution in [3.63, 3.8) is 0 Å². The number of hydrogen-bond acceptors (Lipinski definition) is 8. The Morgan fingerprint density at radius 2 is 1.66 bits per heavy atom. The molecule has 3 fully saturated rings. The Kier molecular flexibility index (Phi) is 9.10. The van der Waals surface area contributed by atoms with Crippen LogP contribution in [0.15, 0.2) is 81.2 Å². The third-order valence-electron chi connectivity index (χ3n) is 15.8. The second-order valence-corrected chi connectivity index (χ2v) is 20.5. The van der Waals surface area contributed by atoms with Gasteiger partial charge in [-0.25, -0.2) is 23.1 Å². The number of fused-ring (bicyclic) bond motifs is 3. The first-order chi connectivity index (χ1) is 32.5. The number of rotatable bonds is 7. The highest BCUT2D eigenvalue weighted by Crippen LogP contribution is 2.57. The van der Waals surface area contributed by atoms with Crippen molar-refractivity contribution >= 4 is 27.7 Å². The highest BCUT2D eigenvalue weighted by molar-refractivity contribution is 6.00. The van der Waals surface area contributed by atoms with Crippen LogP contribution >= 0.6 is 0 Å². The molecule has 1 spiro atoms. The number of imidazole rings is 1. The summed E-state index contributed by atoms with van der Waals surface area (Å²) in [5.74, 6) is -0.817. The monoisotopic (exact) mass is 922 g/mol. The zero-order chi connectivity index (χ0) is 47.3. The van der Waals surface area contributed by atoms with Gasteiger partial charge in [-0.05, 0) is 144 Å². The smallest absolute Gasteiger partial charge is 0.376 e. The van der Waals surface area contributed by atoms with E-state index in [1.54, 1.807) is 60.7 Å². The molecule has 15 nitrogen and oxygen atoms in total. The number of halogens is 2. The zero-order valence-electron chi connectivity index (χ0n) is 39.1. The zero-order valence-corrected chi connectivity index (χ0v) is 39.1. The van der Waals surface area contributed by atoms with Crippen LogP contribution < -0.4 is 11.4 Å². The van der Waals surface area contributed by atoms with Gasteiger partial charge in [0.15, 0.2) is 11.6 Å². The first-order valence-corrected chi connectivity index (χ1v) is 23.5. The molecule has 2 aliphatic carbocycles. The standard InChI is InChI=1S/C51H52F2N10O5/c1-27-19-34(20-28(2)42(27)52)63-44(60-17-16-59(48(60)66)39-12-11-38-35(43(39)53)26-54-58(38)7)41-30(4)61(50(14-8-15-50)25-36(41)56-63)45(64)40-22-33-21-31(32-13-18-67-49(5,6)24-32)9-10-37(33)62(40)51(23-29(51)3)46-55-47(65)68-57-46/h9-12,16-17,19-22,26,29-30,32H,8,13-15,18,23-25H2,1-7H3,(H,55,57,65)/t29-,30-,32-,51-/m0/s1. The molecule has 5 aromatic heterocycles. The number of aromatic amines is 1. The van der Waals surface area contributed by atoms with Crippen LogP contribution in [-0.2, 0) is 23.7 Å². The molecule has 0 unspecified atom stereocenters. The molecule has 12 rings (SSSR count). The second-order valence-electron chi connectivity index (χ2n) is 20.5. The number of H-pyrrole nitrogens is 1. The number of benzene rings is 3. The van der Waals surface area contributed by atoms with Crippen molar-refractivity contribution in [1.82, 2.24) is 48.3 Å². The Morgan fingerprint density at radius 3 is 2.34 bits per heavy atom. The van der Waals surface area contributed by atoms with E-state index in [2.05, 4.69) is 58.8 Å². The number of amides is 1. The van der Waals surface area contributed by atoms with E-state index >= 15 is 13.6 Å². The number of aryl methyl sites for hydroxylation is 3. The number of aromatic nitrogens is 9. The summed E-state index contributed by atoms with van der Waals surface area (Å²) in [6.07, 6.45) is 9.67. The van der Waals surface area contributed by atoms with Crippen LogP contribution in [0.2, 0.25) is 0 Å². The summed E-state index contributed by atoms with van der Waals surface area (Å²) in [5.41, 5.74) is 3.51. The van der Waals surface area contributed by atoms with Crippen LogP contribution in [0.5, 0.6) is 0 Å². The average Bonchev–Trinajstić information content (AvgIpc) is 3.92. The number of nitrogens with one attached hydrogen (secondary N) is 1. The Balaban J connectivity index is 1.04. The van der Waals surface area contributed by atoms with Gasteiger partial charge in [-0.2, -0.15) is 10.2 Å². The van der Waals surface area contributed by atoms with Gasteiger partial charge in [0.25, 0.3) is 5.91 Å². The van der Waals surface area contributed by atoms with E-state index in [9.17, 15) is 9.59 Å². The molecule has 350 valence electrons. The predicted molar refractivity (Wildman–Crippen MR) is 249 cm³/mol. The fraction of sp³-hybridized carbons (Fsp3) is 0.412. The van der Waals surface area contributed by atoms with Gasteiger partial charge < -0.3 is 14.2 Å². The highest BCUT2D eigenvalue weighted by atomic mass is 19.1. The number of carbonyl (C=O) groups is 1. The van der Waals surface area contributed by atoms with Crippen molar-refractivity contribution in [3.05, 3.63) is 139 Å². The molecular weight excluding hydrogens is 871 g/mol. The average molecular weight is 923 g/mol. The van der Waals surface area contributed by atoms with Gasteiger partial charge in [-0.1, -0.05) is 18.1 Å². The van der Waals surface area contributed by atoms with E-state index in [4.69, 9.17) is 14.4 Å². The Bertz CT molecular complexity index is 3520. The van der Waals surface area contributed by atoms with Gasteiger partial charge in [0.05, 0.1) is 45.8 Å². The van der Waals surface area contributed by atoms with Gasteiger partial charge in [-0.15, -0.1) is 0 Å². The summed E-state index contributed by atoms with van der Waals surface area (Å²) in [7, 11) is 1.73. The third-order valence-corrected chi connectivity index (χ3v) is 15.8. The lowest BCUT2D eigenvalue weighted by atomic mass is 9.68. The molecule has 4 atom stereocenters. The molecule has 68 heavy (non-hydrogen) atoms. The van der Waals surface area contributed by atoms with Gasteiger partial charge in [0, 0.05) is 54.5 Å². The summed E-state index contributed by atoms with van der Waals surface area (Å²) in [6.45, 7) is 12.3. The molecule has 0 radical (unpaired) electrons. The van der Waals surface area contributed by atoms with E-state index in [1.807, 2.05) is 17.9 Å². The van der Waals surface area contributed by atoms with Gasteiger partial charge >= 0.3 is 11.4 Å². The van der Waals surface area contributed by atoms with Gasteiger partial charge in [-0.3, -0.25) is 28.1 Å². The molecule has 8 aromatic rings. The summed E-state index contributed by atoms with van der Waals surface area (Å²) in [6, 6.07) is 14.5. The molecular formula is C51H52F2N10O5. The maximum atomic E-state index is 16.3. The predicted octanol–water partition coefficient (Wildman–Crippen LogP) is 8.36. The molecule has 2 aliphatic heterocycles. The number of hydrogen-bond donors (Lipinski definition) is 1. The first kappa shape index (κ1) is 42.5.